The number of ether oxygens (including phenoxy) is 2. The first-order valence-corrected chi connectivity index (χ1v) is 9.77. The molecule has 4 rings (SSSR count). The van der Waals surface area contributed by atoms with Gasteiger partial charge in [-0.05, 0) is 38.3 Å². The monoisotopic (exact) mass is 355 g/mol. The summed E-state index contributed by atoms with van der Waals surface area (Å²) in [4.78, 5) is 9.96. The molecule has 1 aromatic carbocycles. The number of anilines is 1. The number of hydrogen-bond acceptors (Lipinski definition) is 5. The van der Waals surface area contributed by atoms with E-state index in [9.17, 15) is 0 Å². The molecule has 2 aliphatic rings. The Bertz CT molecular complexity index is 758. The molecule has 0 N–H and O–H groups in total. The molecule has 0 radical (unpaired) electrons. The van der Waals surface area contributed by atoms with Crippen LogP contribution in [0.2, 0.25) is 0 Å². The highest BCUT2D eigenvalue weighted by molar-refractivity contribution is 5.95. The van der Waals surface area contributed by atoms with Crippen molar-refractivity contribution in [2.24, 2.45) is 0 Å². The molecule has 0 amide bonds. The molecule has 5 heteroatoms. The van der Waals surface area contributed by atoms with Gasteiger partial charge in [-0.15, -0.1) is 0 Å². The fourth-order valence-electron chi connectivity index (χ4n) is 4.35. The summed E-state index contributed by atoms with van der Waals surface area (Å²) in [6, 6.07) is 9.15. The predicted octanol–water partition coefficient (Wildman–Crippen LogP) is 3.24. The number of fused-ring (bicyclic) bond motifs is 1. The van der Waals surface area contributed by atoms with Crippen LogP contribution in [0.5, 0.6) is 5.75 Å². The molecule has 1 aromatic heterocycles. The first kappa shape index (κ1) is 17.6. The van der Waals surface area contributed by atoms with Crippen LogP contribution in [0.3, 0.4) is 0 Å². The molecule has 2 saturated heterocycles. The Hall–Kier alpha value is -1.85. The summed E-state index contributed by atoms with van der Waals surface area (Å²) in [6.45, 7) is 8.37. The van der Waals surface area contributed by atoms with Gasteiger partial charge in [-0.3, -0.25) is 4.90 Å². The van der Waals surface area contributed by atoms with E-state index in [1.807, 2.05) is 6.07 Å². The molecule has 0 aliphatic carbocycles. The third-order valence-corrected chi connectivity index (χ3v) is 5.71. The molecule has 5 nitrogen and oxygen atoms in total. The molecule has 0 bridgehead atoms. The average molecular weight is 355 g/mol. The number of pyridine rings is 1. The molecule has 2 fully saturated rings. The maximum absolute atomic E-state index is 5.54. The summed E-state index contributed by atoms with van der Waals surface area (Å²) >= 11 is 0. The van der Waals surface area contributed by atoms with Crippen molar-refractivity contribution >= 4 is 16.6 Å². The van der Waals surface area contributed by atoms with Crippen LogP contribution in [-0.2, 0) is 4.74 Å². The lowest BCUT2D eigenvalue weighted by Gasteiger charge is -2.33. The van der Waals surface area contributed by atoms with Crippen molar-refractivity contribution in [1.29, 1.82) is 0 Å². The molecule has 0 spiro atoms. The van der Waals surface area contributed by atoms with E-state index in [1.54, 1.807) is 7.11 Å². The Kier molecular flexibility index (Phi) is 5.27. The topological polar surface area (TPSA) is 37.8 Å². The third kappa shape index (κ3) is 3.51. The minimum atomic E-state index is 0.694. The summed E-state index contributed by atoms with van der Waals surface area (Å²) < 4.78 is 11.1. The summed E-state index contributed by atoms with van der Waals surface area (Å²) in [5.41, 5.74) is 3.30. The van der Waals surface area contributed by atoms with Crippen LogP contribution in [0.15, 0.2) is 24.3 Å². The van der Waals surface area contributed by atoms with Crippen LogP contribution in [0.25, 0.3) is 10.9 Å². The minimum absolute atomic E-state index is 0.694. The van der Waals surface area contributed by atoms with Crippen molar-refractivity contribution < 1.29 is 9.47 Å². The second kappa shape index (κ2) is 7.80. The molecule has 3 heterocycles. The van der Waals surface area contributed by atoms with Gasteiger partial charge in [0.15, 0.2) is 0 Å². The van der Waals surface area contributed by atoms with Crippen LogP contribution in [0.4, 0.5) is 5.69 Å². The molecular weight excluding hydrogens is 326 g/mol. The van der Waals surface area contributed by atoms with Gasteiger partial charge in [0.25, 0.3) is 0 Å². The molecule has 2 aromatic rings. The van der Waals surface area contributed by atoms with Gasteiger partial charge < -0.3 is 14.4 Å². The number of hydrogen-bond donors (Lipinski definition) is 0. The molecule has 0 atom stereocenters. The second-order valence-corrected chi connectivity index (χ2v) is 7.36. The SMILES string of the molecule is COc1cccc2c(N3CCCN(C4CCOCC4)CC3)cc(C)nc12. The minimum Gasteiger partial charge on any atom is -0.494 e. The third-order valence-electron chi connectivity index (χ3n) is 5.71. The van der Waals surface area contributed by atoms with Gasteiger partial charge in [0.2, 0.25) is 0 Å². The largest absolute Gasteiger partial charge is 0.494 e. The number of methoxy groups -OCH3 is 1. The van der Waals surface area contributed by atoms with Crippen LogP contribution < -0.4 is 9.64 Å². The van der Waals surface area contributed by atoms with E-state index in [-0.39, 0.29) is 0 Å². The molecule has 140 valence electrons. The highest BCUT2D eigenvalue weighted by atomic mass is 16.5. The highest BCUT2D eigenvalue weighted by Crippen LogP contribution is 2.33. The lowest BCUT2D eigenvalue weighted by atomic mass is 10.1. The van der Waals surface area contributed by atoms with Crippen molar-refractivity contribution in [2.75, 3.05) is 51.4 Å². The fourth-order valence-corrected chi connectivity index (χ4v) is 4.35. The van der Waals surface area contributed by atoms with Crippen molar-refractivity contribution in [1.82, 2.24) is 9.88 Å². The Labute approximate surface area is 155 Å². The van der Waals surface area contributed by atoms with Gasteiger partial charge in [-0.25, -0.2) is 4.98 Å². The fraction of sp³-hybridized carbons (Fsp3) is 0.571. The van der Waals surface area contributed by atoms with Gasteiger partial charge in [0.1, 0.15) is 11.3 Å². The van der Waals surface area contributed by atoms with E-state index in [0.717, 1.165) is 49.8 Å². The summed E-state index contributed by atoms with van der Waals surface area (Å²) in [6.07, 6.45) is 3.55. The van der Waals surface area contributed by atoms with Crippen LogP contribution in [-0.4, -0.2) is 62.4 Å². The lowest BCUT2D eigenvalue weighted by molar-refractivity contribution is 0.0365. The number of rotatable bonds is 3. The number of para-hydroxylation sites is 1. The van der Waals surface area contributed by atoms with Crippen molar-refractivity contribution in [3.63, 3.8) is 0 Å². The Balaban J connectivity index is 1.59. The van der Waals surface area contributed by atoms with Gasteiger partial charge in [-0.1, -0.05) is 12.1 Å². The zero-order valence-corrected chi connectivity index (χ0v) is 15.9. The number of benzene rings is 1. The van der Waals surface area contributed by atoms with Crippen LogP contribution >= 0.6 is 0 Å². The molecule has 26 heavy (non-hydrogen) atoms. The molecule has 2 aliphatic heterocycles. The first-order chi connectivity index (χ1) is 12.8. The van der Waals surface area contributed by atoms with Crippen molar-refractivity contribution in [2.45, 2.75) is 32.2 Å². The average Bonchev–Trinajstić information content (AvgIpc) is 2.94. The summed E-state index contributed by atoms with van der Waals surface area (Å²) in [5.74, 6) is 0.853. The van der Waals surface area contributed by atoms with E-state index in [1.165, 1.54) is 36.9 Å². The Morgan fingerprint density at radius 3 is 2.77 bits per heavy atom. The standard InChI is InChI=1S/C21H29N3O2/c1-16-15-19(18-5-3-6-20(25-2)21(18)22-16)24-10-4-9-23(11-12-24)17-7-13-26-14-8-17/h3,5-6,15,17H,4,7-14H2,1-2H3. The van der Waals surface area contributed by atoms with E-state index < -0.39 is 0 Å². The maximum atomic E-state index is 5.54. The van der Waals surface area contributed by atoms with Gasteiger partial charge in [-0.2, -0.15) is 0 Å². The number of aryl methyl sites for hydroxylation is 1. The van der Waals surface area contributed by atoms with Crippen molar-refractivity contribution in [3.8, 4) is 5.75 Å². The van der Waals surface area contributed by atoms with Crippen molar-refractivity contribution in [3.05, 3.63) is 30.0 Å². The van der Waals surface area contributed by atoms with Crippen LogP contribution in [0.1, 0.15) is 25.0 Å². The summed E-state index contributed by atoms with van der Waals surface area (Å²) in [5, 5.41) is 1.19. The van der Waals surface area contributed by atoms with E-state index in [2.05, 4.69) is 34.9 Å². The van der Waals surface area contributed by atoms with E-state index in [4.69, 9.17) is 14.5 Å². The Morgan fingerprint density at radius 1 is 1.12 bits per heavy atom. The number of nitrogens with zero attached hydrogens (tertiary/aromatic N) is 3. The second-order valence-electron chi connectivity index (χ2n) is 7.36. The normalized spacial score (nSPS) is 20.3. The zero-order chi connectivity index (χ0) is 17.9. The predicted molar refractivity (Wildman–Crippen MR) is 105 cm³/mol. The van der Waals surface area contributed by atoms with Gasteiger partial charge in [0, 0.05) is 62.2 Å². The quantitative estimate of drug-likeness (QED) is 0.845. The van der Waals surface area contributed by atoms with Crippen LogP contribution in [0, 0.1) is 6.92 Å². The highest BCUT2D eigenvalue weighted by Gasteiger charge is 2.25. The molecule has 0 saturated carbocycles. The van der Waals surface area contributed by atoms with Gasteiger partial charge in [0.05, 0.1) is 7.11 Å². The first-order valence-electron chi connectivity index (χ1n) is 9.77. The maximum Gasteiger partial charge on any atom is 0.145 e. The molecule has 0 unspecified atom stereocenters. The lowest BCUT2D eigenvalue weighted by Crippen LogP contribution is -2.41. The number of aromatic nitrogens is 1. The zero-order valence-electron chi connectivity index (χ0n) is 15.9. The molecular formula is C21H29N3O2. The van der Waals surface area contributed by atoms with E-state index >= 15 is 0 Å². The smallest absolute Gasteiger partial charge is 0.145 e. The Morgan fingerprint density at radius 2 is 1.96 bits per heavy atom. The van der Waals surface area contributed by atoms with E-state index in [0.29, 0.717) is 6.04 Å². The van der Waals surface area contributed by atoms with Gasteiger partial charge >= 0.3 is 0 Å². The summed E-state index contributed by atoms with van der Waals surface area (Å²) in [7, 11) is 1.72.